The van der Waals surface area contributed by atoms with Crippen LogP contribution < -0.4 is 10.6 Å². The molecule has 2 aliphatic rings. The number of nitrogens with zero attached hydrogens (tertiary/aromatic N) is 4. The van der Waals surface area contributed by atoms with Gasteiger partial charge in [0.2, 0.25) is 11.8 Å². The van der Waals surface area contributed by atoms with Gasteiger partial charge >= 0.3 is 0 Å². The molecule has 3 heterocycles. The zero-order chi connectivity index (χ0) is 21.5. The number of imidazole rings is 1. The number of rotatable bonds is 4. The van der Waals surface area contributed by atoms with Crippen LogP contribution in [-0.2, 0) is 23.2 Å². The molecule has 0 spiro atoms. The van der Waals surface area contributed by atoms with Crippen molar-refractivity contribution in [1.29, 1.82) is 0 Å². The minimum atomic E-state index is -0.188. The van der Waals surface area contributed by atoms with Crippen molar-refractivity contribution >= 4 is 36.6 Å². The van der Waals surface area contributed by atoms with Crippen LogP contribution in [-0.4, -0.2) is 76.0 Å². The highest BCUT2D eigenvalue weighted by molar-refractivity contribution is 5.85. The summed E-state index contributed by atoms with van der Waals surface area (Å²) in [7, 11) is 2.03. The van der Waals surface area contributed by atoms with E-state index in [1.165, 1.54) is 0 Å². The van der Waals surface area contributed by atoms with Crippen molar-refractivity contribution in [2.24, 2.45) is 13.0 Å². The monoisotopic (exact) mass is 490 g/mol. The normalized spacial score (nSPS) is 23.1. The number of nitrogens with one attached hydrogen (secondary N) is 2. The van der Waals surface area contributed by atoms with Crippen molar-refractivity contribution in [2.45, 2.75) is 64.6 Å². The summed E-state index contributed by atoms with van der Waals surface area (Å²) in [5.41, 5.74) is 0. The Balaban J connectivity index is 0.00000256. The topological polar surface area (TPSA) is 82.5 Å². The number of amides is 2. The second-order valence-electron chi connectivity index (χ2n) is 9.12. The molecule has 2 aliphatic heterocycles. The Kier molecular flexibility index (Phi) is 12.6. The predicted octanol–water partition coefficient (Wildman–Crippen LogP) is 1.97. The lowest BCUT2D eigenvalue weighted by molar-refractivity contribution is -0.134. The van der Waals surface area contributed by atoms with Crippen molar-refractivity contribution in [3.8, 4) is 0 Å². The Bertz CT molecular complexity index is 714. The lowest BCUT2D eigenvalue weighted by atomic mass is 10.1. The summed E-state index contributed by atoms with van der Waals surface area (Å²) in [4.78, 5) is 34.4. The number of carbonyl (C=O) groups is 2. The van der Waals surface area contributed by atoms with Gasteiger partial charge in [0.25, 0.3) is 0 Å². The molecule has 0 unspecified atom stereocenters. The third-order valence-electron chi connectivity index (χ3n) is 6.13. The quantitative estimate of drug-likeness (QED) is 0.673. The highest BCUT2D eigenvalue weighted by Gasteiger charge is 2.34. The summed E-state index contributed by atoms with van der Waals surface area (Å²) in [6.45, 7) is 9.01. The predicted molar refractivity (Wildman–Crippen MR) is 131 cm³/mol. The first-order valence-electron chi connectivity index (χ1n) is 11.4. The van der Waals surface area contributed by atoms with E-state index in [9.17, 15) is 9.59 Å². The number of aromatic nitrogens is 2. The molecular formula is C22H40Cl2N6O2. The molecule has 2 saturated heterocycles. The van der Waals surface area contributed by atoms with E-state index in [1.807, 2.05) is 24.3 Å². The largest absolute Gasteiger partial charge is 0.355 e. The summed E-state index contributed by atoms with van der Waals surface area (Å²) in [6, 6.07) is -0.0925. The van der Waals surface area contributed by atoms with Crippen LogP contribution in [0.2, 0.25) is 0 Å². The van der Waals surface area contributed by atoms with Crippen LogP contribution in [0.5, 0.6) is 0 Å². The minimum Gasteiger partial charge on any atom is -0.355 e. The maximum Gasteiger partial charge on any atom is 0.237 e. The molecule has 3 rings (SSSR count). The Hall–Kier alpha value is -1.35. The zero-order valence-corrected chi connectivity index (χ0v) is 21.2. The van der Waals surface area contributed by atoms with Crippen molar-refractivity contribution in [3.63, 3.8) is 0 Å². The number of aryl methyl sites for hydroxylation is 1. The molecule has 2 atom stereocenters. The second kappa shape index (κ2) is 14.0. The summed E-state index contributed by atoms with van der Waals surface area (Å²) in [5.74, 6) is 1.66. The highest BCUT2D eigenvalue weighted by Crippen LogP contribution is 2.18. The second-order valence-corrected chi connectivity index (χ2v) is 9.12. The van der Waals surface area contributed by atoms with E-state index in [2.05, 4.69) is 38.9 Å². The maximum atomic E-state index is 13.0. The molecular weight excluding hydrogens is 451 g/mol. The fourth-order valence-corrected chi connectivity index (χ4v) is 4.41. The molecule has 32 heavy (non-hydrogen) atoms. The first-order valence-corrected chi connectivity index (χ1v) is 11.4. The van der Waals surface area contributed by atoms with Crippen molar-refractivity contribution in [1.82, 2.24) is 30.0 Å². The van der Waals surface area contributed by atoms with E-state index in [-0.39, 0.29) is 48.7 Å². The van der Waals surface area contributed by atoms with Gasteiger partial charge in [0, 0.05) is 58.1 Å². The van der Waals surface area contributed by atoms with Crippen molar-refractivity contribution in [2.75, 3.05) is 32.7 Å². The van der Waals surface area contributed by atoms with Crippen LogP contribution >= 0.6 is 24.8 Å². The molecule has 0 aromatic carbocycles. The molecule has 184 valence electrons. The summed E-state index contributed by atoms with van der Waals surface area (Å²) >= 11 is 0. The van der Waals surface area contributed by atoms with Gasteiger partial charge in [0.05, 0.1) is 12.6 Å². The SMILES string of the molecule is CC(C)CC(=O)N1CCCN(Cc2nccn2C)CCCCNC(=O)[C@@H]2C[C@H]1CN2.Cl.Cl. The van der Waals surface area contributed by atoms with Gasteiger partial charge in [0.15, 0.2) is 0 Å². The number of hydrogen-bond acceptors (Lipinski definition) is 5. The van der Waals surface area contributed by atoms with Gasteiger partial charge in [-0.1, -0.05) is 13.8 Å². The fraction of sp³-hybridized carbons (Fsp3) is 0.773. The lowest BCUT2D eigenvalue weighted by Crippen LogP contribution is -2.44. The Morgan fingerprint density at radius 2 is 1.94 bits per heavy atom. The van der Waals surface area contributed by atoms with E-state index in [0.717, 1.165) is 51.3 Å². The van der Waals surface area contributed by atoms with Crippen LogP contribution in [0.3, 0.4) is 0 Å². The van der Waals surface area contributed by atoms with Crippen LogP contribution in [0, 0.1) is 5.92 Å². The first kappa shape index (κ1) is 28.7. The Labute approximate surface area is 204 Å². The average Bonchev–Trinajstić information content (AvgIpc) is 3.32. The van der Waals surface area contributed by atoms with E-state index < -0.39 is 0 Å². The van der Waals surface area contributed by atoms with Gasteiger partial charge < -0.3 is 20.1 Å². The van der Waals surface area contributed by atoms with Gasteiger partial charge in [-0.05, 0) is 38.1 Å². The van der Waals surface area contributed by atoms with Gasteiger partial charge in [-0.25, -0.2) is 4.98 Å². The Morgan fingerprint density at radius 1 is 1.19 bits per heavy atom. The van der Waals surface area contributed by atoms with Crippen LogP contribution in [0.25, 0.3) is 0 Å². The van der Waals surface area contributed by atoms with Gasteiger partial charge in [-0.15, -0.1) is 24.8 Å². The highest BCUT2D eigenvalue weighted by atomic mass is 35.5. The molecule has 1 aromatic heterocycles. The van der Waals surface area contributed by atoms with Crippen molar-refractivity contribution in [3.05, 3.63) is 18.2 Å². The molecule has 0 aliphatic carbocycles. The van der Waals surface area contributed by atoms with E-state index in [0.29, 0.717) is 31.8 Å². The van der Waals surface area contributed by atoms with Gasteiger partial charge in [-0.2, -0.15) is 0 Å². The molecule has 8 nitrogen and oxygen atoms in total. The molecule has 1 aromatic rings. The van der Waals surface area contributed by atoms with Crippen LogP contribution in [0.15, 0.2) is 12.4 Å². The van der Waals surface area contributed by atoms with Crippen molar-refractivity contribution < 1.29 is 9.59 Å². The standard InChI is InChI=1S/C22H38N6O2.2ClH/c1-17(2)13-21(29)28-11-6-10-27(16-20-23-8-12-26(20)3)9-5-4-7-24-22(30)19-14-18(28)15-25-19;;/h8,12,17-19,25H,4-7,9-11,13-16H2,1-3H3,(H,24,30);2*1H/t18-,19-;;/m0../s1. The molecule has 2 N–H and O–H groups in total. The molecule has 10 heteroatoms. The molecule has 0 radical (unpaired) electrons. The number of halogens is 2. The summed E-state index contributed by atoms with van der Waals surface area (Å²) in [6.07, 6.45) is 8.01. The van der Waals surface area contributed by atoms with Crippen LogP contribution in [0.4, 0.5) is 0 Å². The number of hydrogen-bond donors (Lipinski definition) is 2. The zero-order valence-electron chi connectivity index (χ0n) is 19.6. The molecule has 2 fully saturated rings. The minimum absolute atomic E-state index is 0. The number of fused-ring (bicyclic) bond motifs is 2. The smallest absolute Gasteiger partial charge is 0.237 e. The van der Waals surface area contributed by atoms with E-state index >= 15 is 0 Å². The van der Waals surface area contributed by atoms with E-state index in [4.69, 9.17) is 0 Å². The average molecular weight is 492 g/mol. The van der Waals surface area contributed by atoms with Gasteiger partial charge in [0.1, 0.15) is 5.82 Å². The molecule has 2 amide bonds. The first-order chi connectivity index (χ1) is 14.4. The number of carbonyl (C=O) groups excluding carboxylic acids is 2. The van der Waals surface area contributed by atoms with Gasteiger partial charge in [-0.3, -0.25) is 14.5 Å². The molecule has 2 bridgehead atoms. The maximum absolute atomic E-state index is 13.0. The Morgan fingerprint density at radius 3 is 2.62 bits per heavy atom. The molecule has 0 saturated carbocycles. The lowest BCUT2D eigenvalue weighted by Gasteiger charge is -2.31. The third kappa shape index (κ3) is 8.21. The third-order valence-corrected chi connectivity index (χ3v) is 6.13. The fourth-order valence-electron chi connectivity index (χ4n) is 4.41. The van der Waals surface area contributed by atoms with Crippen LogP contribution in [0.1, 0.15) is 51.8 Å². The van der Waals surface area contributed by atoms with E-state index in [1.54, 1.807) is 0 Å². The summed E-state index contributed by atoms with van der Waals surface area (Å²) in [5, 5.41) is 6.40. The summed E-state index contributed by atoms with van der Waals surface area (Å²) < 4.78 is 2.06.